The molecule has 0 radical (unpaired) electrons. The molecule has 2 aliphatic rings. The van der Waals surface area contributed by atoms with Crippen LogP contribution in [0.15, 0.2) is 23.1 Å². The topological polar surface area (TPSA) is 125 Å². The van der Waals surface area contributed by atoms with Crippen molar-refractivity contribution in [2.45, 2.75) is 50.0 Å². The van der Waals surface area contributed by atoms with Crippen LogP contribution >= 0.6 is 0 Å². The van der Waals surface area contributed by atoms with E-state index in [9.17, 15) is 22.8 Å². The molecule has 0 spiro atoms. The van der Waals surface area contributed by atoms with Crippen molar-refractivity contribution in [3.05, 3.63) is 18.2 Å². The van der Waals surface area contributed by atoms with E-state index in [0.29, 0.717) is 19.5 Å². The highest BCUT2D eigenvalue weighted by molar-refractivity contribution is 7.89. The van der Waals surface area contributed by atoms with Crippen LogP contribution in [0, 0.1) is 0 Å². The molecule has 1 aromatic rings. The molecule has 2 saturated heterocycles. The summed E-state index contributed by atoms with van der Waals surface area (Å²) in [5.41, 5.74) is -0.806. The maximum atomic E-state index is 13.1. The van der Waals surface area contributed by atoms with Gasteiger partial charge in [-0.05, 0) is 44.4 Å². The molecule has 10 nitrogen and oxygen atoms in total. The van der Waals surface area contributed by atoms with Crippen molar-refractivity contribution >= 4 is 33.6 Å². The first-order chi connectivity index (χ1) is 14.6. The summed E-state index contributed by atoms with van der Waals surface area (Å²) in [6.45, 7) is 3.77. The number of piperidine rings is 1. The van der Waals surface area contributed by atoms with E-state index in [1.165, 1.54) is 29.6 Å². The zero-order valence-corrected chi connectivity index (χ0v) is 18.8. The zero-order chi connectivity index (χ0) is 22.8. The Kier molecular flexibility index (Phi) is 6.56. The van der Waals surface area contributed by atoms with Crippen molar-refractivity contribution in [3.63, 3.8) is 0 Å². The first-order valence-corrected chi connectivity index (χ1v) is 11.7. The van der Waals surface area contributed by atoms with Crippen LogP contribution in [0.3, 0.4) is 0 Å². The molecule has 4 amide bonds. The normalized spacial score (nSPS) is 22.4. The van der Waals surface area contributed by atoms with E-state index in [-0.39, 0.29) is 16.3 Å². The number of nitrogens with zero attached hydrogens (tertiary/aromatic N) is 2. The molecule has 0 bridgehead atoms. The van der Waals surface area contributed by atoms with Gasteiger partial charge in [-0.2, -0.15) is 4.31 Å². The number of rotatable bonds is 7. The second-order valence-corrected chi connectivity index (χ2v) is 9.79. The summed E-state index contributed by atoms with van der Waals surface area (Å²) in [6.07, 6.45) is 2.96. The third kappa shape index (κ3) is 4.52. The molecular formula is C20H28N4O6S. The fourth-order valence-corrected chi connectivity index (χ4v) is 5.37. The number of amides is 4. The van der Waals surface area contributed by atoms with Gasteiger partial charge in [0.1, 0.15) is 22.7 Å². The summed E-state index contributed by atoms with van der Waals surface area (Å²) in [5, 5.41) is 5.16. The van der Waals surface area contributed by atoms with Crippen molar-refractivity contribution in [1.82, 2.24) is 14.5 Å². The van der Waals surface area contributed by atoms with E-state index >= 15 is 0 Å². The number of nitrogens with one attached hydrogen (secondary N) is 2. The van der Waals surface area contributed by atoms with Crippen molar-refractivity contribution < 1.29 is 27.5 Å². The Morgan fingerprint density at radius 2 is 1.90 bits per heavy atom. The van der Waals surface area contributed by atoms with Gasteiger partial charge in [0.25, 0.3) is 5.91 Å². The van der Waals surface area contributed by atoms with Gasteiger partial charge in [0.05, 0.1) is 7.11 Å². The summed E-state index contributed by atoms with van der Waals surface area (Å²) in [4.78, 5) is 37.9. The smallest absolute Gasteiger partial charge is 0.325 e. The average Bonchev–Trinajstić information content (AvgIpc) is 2.97. The van der Waals surface area contributed by atoms with Crippen molar-refractivity contribution in [3.8, 4) is 5.75 Å². The molecule has 31 heavy (non-hydrogen) atoms. The van der Waals surface area contributed by atoms with E-state index < -0.39 is 40.0 Å². The van der Waals surface area contributed by atoms with E-state index in [1.807, 2.05) is 0 Å². The zero-order valence-electron chi connectivity index (χ0n) is 17.9. The number of imide groups is 1. The Morgan fingerprint density at radius 1 is 1.23 bits per heavy atom. The lowest BCUT2D eigenvalue weighted by Gasteiger charge is -2.26. The van der Waals surface area contributed by atoms with Crippen LogP contribution < -0.4 is 15.4 Å². The molecule has 3 rings (SSSR count). The number of methoxy groups -OCH3 is 1. The van der Waals surface area contributed by atoms with Crippen LogP contribution in [0.1, 0.15) is 39.5 Å². The summed E-state index contributed by atoms with van der Waals surface area (Å²) in [7, 11) is -2.41. The molecule has 0 unspecified atom stereocenters. The Labute approximate surface area is 182 Å². The average molecular weight is 453 g/mol. The summed E-state index contributed by atoms with van der Waals surface area (Å²) < 4.78 is 32.8. The predicted molar refractivity (Wildman–Crippen MR) is 113 cm³/mol. The summed E-state index contributed by atoms with van der Waals surface area (Å²) in [6, 6.07) is 3.68. The van der Waals surface area contributed by atoms with E-state index in [4.69, 9.17) is 4.74 Å². The molecule has 2 fully saturated rings. The molecule has 0 aliphatic carbocycles. The number of urea groups is 1. The third-order valence-electron chi connectivity index (χ3n) is 5.73. The van der Waals surface area contributed by atoms with Crippen molar-refractivity contribution in [1.29, 1.82) is 0 Å². The third-order valence-corrected chi connectivity index (χ3v) is 7.65. The van der Waals surface area contributed by atoms with Gasteiger partial charge < -0.3 is 15.4 Å². The minimum absolute atomic E-state index is 0.0387. The van der Waals surface area contributed by atoms with Gasteiger partial charge in [0, 0.05) is 18.8 Å². The second-order valence-electron chi connectivity index (χ2n) is 7.89. The molecule has 2 aliphatic heterocycles. The van der Waals surface area contributed by atoms with Crippen LogP contribution in [-0.2, 0) is 19.6 Å². The number of hydrogen-bond donors (Lipinski definition) is 2. The number of ether oxygens (including phenoxy) is 1. The minimum atomic E-state index is -3.79. The van der Waals surface area contributed by atoms with E-state index in [0.717, 1.165) is 24.2 Å². The van der Waals surface area contributed by atoms with Gasteiger partial charge in [0.2, 0.25) is 15.9 Å². The van der Waals surface area contributed by atoms with Crippen LogP contribution in [0.4, 0.5) is 10.5 Å². The first kappa shape index (κ1) is 23.0. The quantitative estimate of drug-likeness (QED) is 0.605. The Hall–Kier alpha value is -2.66. The second kappa shape index (κ2) is 8.83. The van der Waals surface area contributed by atoms with Crippen LogP contribution in [0.25, 0.3) is 0 Å². The van der Waals surface area contributed by atoms with Gasteiger partial charge in [0.15, 0.2) is 0 Å². The fourth-order valence-electron chi connectivity index (χ4n) is 3.67. The van der Waals surface area contributed by atoms with Gasteiger partial charge in [-0.25, -0.2) is 13.2 Å². The molecule has 1 aromatic carbocycles. The standard InChI is InChI=1S/C20H28N4O6S/c1-4-20(2)18(26)24(19(27)22-20)13-17(25)21-14-8-9-15(30-3)16(12-14)31(28,29)23-10-6-5-7-11-23/h8-9,12H,4-7,10-11,13H2,1-3H3,(H,21,25)(H,22,27)/t20-/m1/s1. The Balaban J connectivity index is 1.78. The number of hydrogen-bond acceptors (Lipinski definition) is 6. The molecule has 2 N–H and O–H groups in total. The number of carbonyl (C=O) groups excluding carboxylic acids is 3. The number of anilines is 1. The summed E-state index contributed by atoms with van der Waals surface area (Å²) >= 11 is 0. The molecular weight excluding hydrogens is 424 g/mol. The molecule has 0 aromatic heterocycles. The molecule has 0 saturated carbocycles. The van der Waals surface area contributed by atoms with Crippen LogP contribution in [-0.4, -0.2) is 67.8 Å². The number of carbonyl (C=O) groups is 3. The highest BCUT2D eigenvalue weighted by Crippen LogP contribution is 2.31. The van der Waals surface area contributed by atoms with E-state index in [2.05, 4.69) is 10.6 Å². The van der Waals surface area contributed by atoms with Gasteiger partial charge in [-0.3, -0.25) is 14.5 Å². The number of benzene rings is 1. The maximum Gasteiger partial charge on any atom is 0.325 e. The molecule has 170 valence electrons. The minimum Gasteiger partial charge on any atom is -0.495 e. The molecule has 1 atom stereocenters. The highest BCUT2D eigenvalue weighted by atomic mass is 32.2. The fraction of sp³-hybridized carbons (Fsp3) is 0.550. The van der Waals surface area contributed by atoms with Crippen LogP contribution in [0.5, 0.6) is 5.75 Å². The van der Waals surface area contributed by atoms with Crippen molar-refractivity contribution in [2.24, 2.45) is 0 Å². The highest BCUT2D eigenvalue weighted by Gasteiger charge is 2.47. The molecule has 11 heteroatoms. The Bertz CT molecular complexity index is 989. The lowest BCUT2D eigenvalue weighted by Crippen LogP contribution is -2.44. The predicted octanol–water partition coefficient (Wildman–Crippen LogP) is 1.53. The van der Waals surface area contributed by atoms with Gasteiger partial charge in [-0.15, -0.1) is 0 Å². The lowest BCUT2D eigenvalue weighted by molar-refractivity contribution is -0.133. The largest absolute Gasteiger partial charge is 0.495 e. The Morgan fingerprint density at radius 3 is 2.48 bits per heavy atom. The van der Waals surface area contributed by atoms with Crippen molar-refractivity contribution in [2.75, 3.05) is 32.1 Å². The van der Waals surface area contributed by atoms with Gasteiger partial charge >= 0.3 is 6.03 Å². The molecule has 2 heterocycles. The monoisotopic (exact) mass is 452 g/mol. The van der Waals surface area contributed by atoms with Gasteiger partial charge in [-0.1, -0.05) is 13.3 Å². The summed E-state index contributed by atoms with van der Waals surface area (Å²) in [5.74, 6) is -0.912. The first-order valence-electron chi connectivity index (χ1n) is 10.2. The van der Waals surface area contributed by atoms with Crippen LogP contribution in [0.2, 0.25) is 0 Å². The maximum absolute atomic E-state index is 13.1. The lowest BCUT2D eigenvalue weighted by atomic mass is 9.99. The number of sulfonamides is 1. The van der Waals surface area contributed by atoms with E-state index in [1.54, 1.807) is 13.8 Å². The SMILES string of the molecule is CC[C@@]1(C)NC(=O)N(CC(=O)Nc2ccc(OC)c(S(=O)(=O)N3CCCCC3)c2)C1=O.